The Bertz CT molecular complexity index is 573. The first-order chi connectivity index (χ1) is 9.81. The minimum atomic E-state index is 0.0827. The summed E-state index contributed by atoms with van der Waals surface area (Å²) in [5.41, 5.74) is 2.27. The van der Waals surface area contributed by atoms with Gasteiger partial charge in [0.2, 0.25) is 0 Å². The third-order valence-electron chi connectivity index (χ3n) is 2.81. The van der Waals surface area contributed by atoms with E-state index in [1.54, 1.807) is 11.8 Å². The quantitative estimate of drug-likeness (QED) is 0.817. The lowest BCUT2D eigenvalue weighted by Crippen LogP contribution is -1.99. The lowest BCUT2D eigenvalue weighted by molar-refractivity contribution is 0.368. The second kappa shape index (κ2) is 7.46. The molecule has 0 bridgehead atoms. The number of nitrogens with zero attached hydrogens (tertiary/aromatic N) is 1. The van der Waals surface area contributed by atoms with Crippen molar-refractivity contribution < 1.29 is 4.74 Å². The van der Waals surface area contributed by atoms with Crippen LogP contribution in [0.25, 0.3) is 0 Å². The average molecular weight is 284 g/mol. The van der Waals surface area contributed by atoms with E-state index in [1.807, 2.05) is 30.3 Å². The maximum Gasteiger partial charge on any atom is 0.174 e. The molecule has 0 aliphatic rings. The molecule has 0 aliphatic carbocycles. The minimum absolute atomic E-state index is 0.0827. The highest BCUT2D eigenvalue weighted by Crippen LogP contribution is 2.18. The zero-order chi connectivity index (χ0) is 14.2. The second-order valence-corrected chi connectivity index (χ2v) is 5.05. The highest BCUT2D eigenvalue weighted by atomic mass is 32.2. The Labute approximate surface area is 123 Å². The van der Waals surface area contributed by atoms with Crippen molar-refractivity contribution in [3.8, 4) is 11.8 Å². The van der Waals surface area contributed by atoms with Crippen LogP contribution in [0.15, 0.2) is 53.4 Å². The van der Waals surface area contributed by atoms with Gasteiger partial charge in [-0.3, -0.25) is 0 Å². The van der Waals surface area contributed by atoms with Crippen molar-refractivity contribution in [2.24, 2.45) is 0 Å². The van der Waals surface area contributed by atoms with Crippen LogP contribution in [0, 0.1) is 11.3 Å². The van der Waals surface area contributed by atoms with Gasteiger partial charge in [0.15, 0.2) is 6.61 Å². The third kappa shape index (κ3) is 4.22. The van der Waals surface area contributed by atoms with Crippen molar-refractivity contribution in [3.05, 3.63) is 54.1 Å². The molecule has 0 spiro atoms. The van der Waals surface area contributed by atoms with E-state index in [2.05, 4.69) is 35.8 Å². The highest BCUT2D eigenvalue weighted by molar-refractivity contribution is 7.98. The number of anilines is 1. The first-order valence-corrected chi connectivity index (χ1v) is 7.51. The molecule has 4 heteroatoms. The summed E-state index contributed by atoms with van der Waals surface area (Å²) in [7, 11) is 0. The Morgan fingerprint density at radius 2 is 1.80 bits per heavy atom. The van der Waals surface area contributed by atoms with Gasteiger partial charge in [-0.2, -0.15) is 5.26 Å². The normalized spacial score (nSPS) is 9.80. The van der Waals surface area contributed by atoms with E-state index in [4.69, 9.17) is 10.00 Å². The number of nitrogens with one attached hydrogen (secondary N) is 1. The molecule has 0 fully saturated rings. The van der Waals surface area contributed by atoms with Gasteiger partial charge in [0.05, 0.1) is 0 Å². The molecule has 0 aliphatic heterocycles. The molecule has 3 nitrogen and oxygen atoms in total. The lowest BCUT2D eigenvalue weighted by atomic mass is 10.2. The highest BCUT2D eigenvalue weighted by Gasteiger charge is 1.97. The lowest BCUT2D eigenvalue weighted by Gasteiger charge is -2.08. The van der Waals surface area contributed by atoms with E-state index in [0.29, 0.717) is 0 Å². The largest absolute Gasteiger partial charge is 0.479 e. The molecule has 0 aromatic heterocycles. The summed E-state index contributed by atoms with van der Waals surface area (Å²) < 4.78 is 5.21. The van der Waals surface area contributed by atoms with Crippen LogP contribution in [0.5, 0.6) is 5.75 Å². The summed E-state index contributed by atoms with van der Waals surface area (Å²) in [5.74, 6) is 0.722. The van der Waals surface area contributed by atoms with Gasteiger partial charge in [-0.15, -0.1) is 11.8 Å². The van der Waals surface area contributed by atoms with Crippen LogP contribution in [0.2, 0.25) is 0 Å². The van der Waals surface area contributed by atoms with Crippen molar-refractivity contribution >= 4 is 17.4 Å². The van der Waals surface area contributed by atoms with Crippen LogP contribution in [0.3, 0.4) is 0 Å². The molecule has 0 saturated carbocycles. The second-order valence-electron chi connectivity index (χ2n) is 4.17. The molecule has 0 atom stereocenters. The number of rotatable bonds is 6. The summed E-state index contributed by atoms with van der Waals surface area (Å²) in [6.07, 6.45) is 2.07. The van der Waals surface area contributed by atoms with Crippen molar-refractivity contribution in [1.82, 2.24) is 0 Å². The van der Waals surface area contributed by atoms with Crippen LogP contribution in [-0.2, 0) is 6.54 Å². The number of ether oxygens (including phenoxy) is 1. The Balaban J connectivity index is 1.88. The average Bonchev–Trinajstić information content (AvgIpc) is 2.52. The number of nitriles is 1. The van der Waals surface area contributed by atoms with Crippen LogP contribution in [0.1, 0.15) is 5.56 Å². The number of hydrogen-bond donors (Lipinski definition) is 1. The predicted molar refractivity (Wildman–Crippen MR) is 83.1 cm³/mol. The molecule has 0 saturated heterocycles. The summed E-state index contributed by atoms with van der Waals surface area (Å²) in [5, 5.41) is 11.8. The van der Waals surface area contributed by atoms with E-state index >= 15 is 0 Å². The maximum absolute atomic E-state index is 8.44. The zero-order valence-corrected chi connectivity index (χ0v) is 12.1. The fourth-order valence-electron chi connectivity index (χ4n) is 1.73. The van der Waals surface area contributed by atoms with Crippen LogP contribution in [0.4, 0.5) is 5.69 Å². The van der Waals surface area contributed by atoms with Gasteiger partial charge in [0.25, 0.3) is 0 Å². The van der Waals surface area contributed by atoms with Crippen LogP contribution < -0.4 is 10.1 Å². The molecule has 0 amide bonds. The molecule has 102 valence electrons. The van der Waals surface area contributed by atoms with Gasteiger partial charge in [-0.25, -0.2) is 0 Å². The fraction of sp³-hybridized carbons (Fsp3) is 0.188. The van der Waals surface area contributed by atoms with E-state index in [9.17, 15) is 0 Å². The SMILES string of the molecule is CSc1ccc(NCc2ccc(OCC#N)cc2)cc1. The molecular formula is C16H16N2OS. The Morgan fingerprint density at radius 3 is 2.40 bits per heavy atom. The summed E-state index contributed by atoms with van der Waals surface area (Å²) in [6.45, 7) is 0.844. The van der Waals surface area contributed by atoms with Crippen molar-refractivity contribution in [3.63, 3.8) is 0 Å². The van der Waals surface area contributed by atoms with Crippen LogP contribution >= 0.6 is 11.8 Å². The molecule has 0 heterocycles. The Hall–Kier alpha value is -2.12. The van der Waals surface area contributed by atoms with Gasteiger partial charge >= 0.3 is 0 Å². The third-order valence-corrected chi connectivity index (χ3v) is 3.56. The monoisotopic (exact) mass is 284 g/mol. The summed E-state index contributed by atoms with van der Waals surface area (Å²) in [4.78, 5) is 1.26. The minimum Gasteiger partial charge on any atom is -0.479 e. The van der Waals surface area contributed by atoms with E-state index in [1.165, 1.54) is 10.5 Å². The Morgan fingerprint density at radius 1 is 1.10 bits per heavy atom. The fourth-order valence-corrected chi connectivity index (χ4v) is 2.14. The first kappa shape index (κ1) is 14.3. The molecule has 0 radical (unpaired) electrons. The standard InChI is InChI=1S/C16H16N2OS/c1-20-16-8-4-14(5-9-16)18-12-13-2-6-15(7-3-13)19-11-10-17/h2-9,18H,11-12H2,1H3. The van der Waals surface area contributed by atoms with Crippen molar-refractivity contribution in [1.29, 1.82) is 5.26 Å². The molecule has 0 unspecified atom stereocenters. The first-order valence-electron chi connectivity index (χ1n) is 6.28. The van der Waals surface area contributed by atoms with Crippen molar-refractivity contribution in [2.45, 2.75) is 11.4 Å². The zero-order valence-electron chi connectivity index (χ0n) is 11.3. The molecule has 2 rings (SSSR count). The maximum atomic E-state index is 8.44. The van der Waals surface area contributed by atoms with E-state index in [-0.39, 0.29) is 6.61 Å². The number of thioether (sulfide) groups is 1. The van der Waals surface area contributed by atoms with E-state index in [0.717, 1.165) is 18.0 Å². The van der Waals surface area contributed by atoms with Crippen LogP contribution in [-0.4, -0.2) is 12.9 Å². The Kier molecular flexibility index (Phi) is 5.33. The molecule has 1 N–H and O–H groups in total. The number of benzene rings is 2. The summed E-state index contributed by atoms with van der Waals surface area (Å²) in [6, 6.07) is 18.1. The van der Waals surface area contributed by atoms with Gasteiger partial charge < -0.3 is 10.1 Å². The smallest absolute Gasteiger partial charge is 0.174 e. The van der Waals surface area contributed by atoms with Crippen molar-refractivity contribution in [2.75, 3.05) is 18.2 Å². The molecule has 2 aromatic carbocycles. The van der Waals surface area contributed by atoms with E-state index < -0.39 is 0 Å². The topological polar surface area (TPSA) is 45.0 Å². The molecule has 20 heavy (non-hydrogen) atoms. The van der Waals surface area contributed by atoms with Gasteiger partial charge in [-0.05, 0) is 48.2 Å². The van der Waals surface area contributed by atoms with Gasteiger partial charge in [0.1, 0.15) is 11.8 Å². The number of hydrogen-bond acceptors (Lipinski definition) is 4. The molecular weight excluding hydrogens is 268 g/mol. The van der Waals surface area contributed by atoms with Gasteiger partial charge in [-0.1, -0.05) is 12.1 Å². The van der Waals surface area contributed by atoms with Gasteiger partial charge in [0, 0.05) is 17.1 Å². The predicted octanol–water partition coefficient (Wildman–Crippen LogP) is 3.92. The molecule has 2 aromatic rings. The summed E-state index contributed by atoms with van der Waals surface area (Å²) >= 11 is 1.74.